The molecule has 1 fully saturated rings. The van der Waals surface area contributed by atoms with Crippen molar-refractivity contribution in [3.63, 3.8) is 0 Å². The highest BCUT2D eigenvalue weighted by Gasteiger charge is 2.38. The van der Waals surface area contributed by atoms with Crippen molar-refractivity contribution in [2.75, 3.05) is 7.05 Å². The molecular weight excluding hydrogens is 388 g/mol. The normalized spacial score (nSPS) is 18.6. The van der Waals surface area contributed by atoms with Crippen LogP contribution in [0.5, 0.6) is 0 Å². The lowest BCUT2D eigenvalue weighted by molar-refractivity contribution is -0.135. The summed E-state index contributed by atoms with van der Waals surface area (Å²) in [4.78, 5) is 24.3. The predicted molar refractivity (Wildman–Crippen MR) is 118 cm³/mol. The summed E-state index contributed by atoms with van der Waals surface area (Å²) >= 11 is 0. The first kappa shape index (κ1) is 18.3. The highest BCUT2D eigenvalue weighted by Crippen LogP contribution is 2.45. The Labute approximate surface area is 180 Å². The van der Waals surface area contributed by atoms with Gasteiger partial charge in [-0.05, 0) is 31.2 Å². The van der Waals surface area contributed by atoms with Crippen molar-refractivity contribution in [1.29, 1.82) is 0 Å². The summed E-state index contributed by atoms with van der Waals surface area (Å²) in [6.07, 6.45) is 8.05. The molecule has 3 aromatic heterocycles. The molecule has 7 nitrogen and oxygen atoms in total. The number of nitrogens with zero attached hydrogens (tertiary/aromatic N) is 6. The van der Waals surface area contributed by atoms with Gasteiger partial charge in [0.05, 0.1) is 29.8 Å². The number of rotatable bonds is 3. The van der Waals surface area contributed by atoms with E-state index in [0.717, 1.165) is 57.6 Å². The van der Waals surface area contributed by atoms with E-state index in [2.05, 4.69) is 33.9 Å². The molecule has 31 heavy (non-hydrogen) atoms. The average Bonchev–Trinajstić information content (AvgIpc) is 3.42. The molecule has 0 radical (unpaired) electrons. The second-order valence-corrected chi connectivity index (χ2v) is 8.78. The summed E-state index contributed by atoms with van der Waals surface area (Å²) < 4.78 is 3.99. The van der Waals surface area contributed by atoms with Crippen LogP contribution in [0.3, 0.4) is 0 Å². The quantitative estimate of drug-likeness (QED) is 0.512. The Morgan fingerprint density at radius 1 is 1.13 bits per heavy atom. The number of fused-ring (bicyclic) bond motifs is 2. The molecule has 0 saturated heterocycles. The molecule has 0 N–H and O–H groups in total. The third kappa shape index (κ3) is 2.80. The Hall–Kier alpha value is -3.48. The lowest BCUT2D eigenvalue weighted by Gasteiger charge is -2.31. The zero-order chi connectivity index (χ0) is 21.3. The van der Waals surface area contributed by atoms with Crippen LogP contribution in [-0.2, 0) is 18.4 Å². The number of hydrogen-bond donors (Lipinski definition) is 0. The SMILES string of the molecule is CC1C(=O)N(C)Cc2c(-c3cccc4cc(-c5cnn(C)c5)ncc34)nc(C3CC3)n21. The monoisotopic (exact) mass is 412 g/mol. The van der Waals surface area contributed by atoms with Crippen LogP contribution in [-0.4, -0.2) is 42.2 Å². The minimum absolute atomic E-state index is 0.152. The molecule has 1 aliphatic heterocycles. The fraction of sp³-hybridized carbons (Fsp3) is 0.333. The van der Waals surface area contributed by atoms with E-state index in [4.69, 9.17) is 9.97 Å². The van der Waals surface area contributed by atoms with Gasteiger partial charge in [-0.2, -0.15) is 5.10 Å². The van der Waals surface area contributed by atoms with Crippen molar-refractivity contribution in [3.05, 3.63) is 54.4 Å². The first-order chi connectivity index (χ1) is 15.0. The van der Waals surface area contributed by atoms with E-state index in [9.17, 15) is 4.79 Å². The first-order valence-electron chi connectivity index (χ1n) is 10.8. The van der Waals surface area contributed by atoms with Crippen LogP contribution in [0, 0.1) is 0 Å². The number of pyridine rings is 1. The zero-order valence-electron chi connectivity index (χ0n) is 17.9. The van der Waals surface area contributed by atoms with E-state index in [0.29, 0.717) is 12.5 Å². The minimum atomic E-state index is -0.212. The summed E-state index contributed by atoms with van der Waals surface area (Å²) in [6, 6.07) is 8.21. The molecule has 7 heteroatoms. The molecule has 1 saturated carbocycles. The molecule has 0 bridgehead atoms. The Bertz CT molecular complexity index is 1350. The molecule has 6 rings (SSSR count). The van der Waals surface area contributed by atoms with Gasteiger partial charge in [0.2, 0.25) is 5.91 Å². The van der Waals surface area contributed by atoms with E-state index < -0.39 is 0 Å². The third-order valence-corrected chi connectivity index (χ3v) is 6.51. The fourth-order valence-electron chi connectivity index (χ4n) is 4.74. The van der Waals surface area contributed by atoms with Crippen molar-refractivity contribution in [2.45, 2.75) is 38.3 Å². The Kier molecular flexibility index (Phi) is 3.84. The average molecular weight is 412 g/mol. The topological polar surface area (TPSA) is 68.8 Å². The minimum Gasteiger partial charge on any atom is -0.338 e. The Morgan fingerprint density at radius 3 is 2.71 bits per heavy atom. The van der Waals surface area contributed by atoms with Crippen molar-refractivity contribution in [3.8, 4) is 22.5 Å². The van der Waals surface area contributed by atoms with Crippen molar-refractivity contribution < 1.29 is 4.79 Å². The highest BCUT2D eigenvalue weighted by atomic mass is 16.2. The molecule has 156 valence electrons. The third-order valence-electron chi connectivity index (χ3n) is 6.51. The fourth-order valence-corrected chi connectivity index (χ4v) is 4.74. The maximum absolute atomic E-state index is 12.7. The van der Waals surface area contributed by atoms with E-state index in [-0.39, 0.29) is 11.9 Å². The molecule has 4 aromatic rings. The Balaban J connectivity index is 1.53. The van der Waals surface area contributed by atoms with Crippen molar-refractivity contribution in [2.24, 2.45) is 7.05 Å². The highest BCUT2D eigenvalue weighted by molar-refractivity contribution is 5.97. The van der Waals surface area contributed by atoms with E-state index in [1.807, 2.05) is 44.5 Å². The van der Waals surface area contributed by atoms with Crippen LogP contribution in [0.25, 0.3) is 33.3 Å². The number of amides is 1. The van der Waals surface area contributed by atoms with E-state index >= 15 is 0 Å². The Morgan fingerprint density at radius 2 is 1.97 bits per heavy atom. The predicted octanol–water partition coefficient (Wildman–Crippen LogP) is 3.91. The molecule has 1 aliphatic carbocycles. The van der Waals surface area contributed by atoms with Gasteiger partial charge in [0, 0.05) is 48.9 Å². The zero-order valence-corrected chi connectivity index (χ0v) is 17.9. The number of likely N-dealkylation sites (N-methyl/N-ethyl adjacent to an activating group) is 1. The summed E-state index contributed by atoms with van der Waals surface area (Å²) in [5, 5.41) is 6.46. The lowest BCUT2D eigenvalue weighted by Crippen LogP contribution is -2.39. The second kappa shape index (κ2) is 6.51. The summed E-state index contributed by atoms with van der Waals surface area (Å²) in [6.45, 7) is 2.57. The molecule has 1 atom stereocenters. The summed E-state index contributed by atoms with van der Waals surface area (Å²) in [7, 11) is 3.78. The van der Waals surface area contributed by atoms with Gasteiger partial charge >= 0.3 is 0 Å². The van der Waals surface area contributed by atoms with E-state index in [1.54, 1.807) is 4.68 Å². The smallest absolute Gasteiger partial charge is 0.245 e. The molecule has 1 amide bonds. The maximum Gasteiger partial charge on any atom is 0.245 e. The molecule has 1 unspecified atom stereocenters. The molecule has 0 spiro atoms. The number of imidazole rings is 1. The van der Waals surface area contributed by atoms with Crippen molar-refractivity contribution >= 4 is 16.7 Å². The second-order valence-electron chi connectivity index (χ2n) is 8.78. The number of aryl methyl sites for hydroxylation is 1. The van der Waals surface area contributed by atoms with Crippen molar-refractivity contribution in [1.82, 2.24) is 29.2 Å². The molecule has 2 aliphatic rings. The van der Waals surface area contributed by atoms with Crippen LogP contribution >= 0.6 is 0 Å². The van der Waals surface area contributed by atoms with Crippen LogP contribution < -0.4 is 0 Å². The van der Waals surface area contributed by atoms with Crippen LogP contribution in [0.4, 0.5) is 0 Å². The number of carbonyl (C=O) groups is 1. The van der Waals surface area contributed by atoms with Crippen LogP contribution in [0.15, 0.2) is 42.9 Å². The van der Waals surface area contributed by atoms with Crippen LogP contribution in [0.1, 0.15) is 43.2 Å². The van der Waals surface area contributed by atoms with E-state index in [1.165, 1.54) is 0 Å². The van der Waals surface area contributed by atoms with Gasteiger partial charge in [-0.25, -0.2) is 4.98 Å². The summed E-state index contributed by atoms with van der Waals surface area (Å²) in [5.74, 6) is 1.69. The molecular formula is C24H24N6O. The standard InChI is InChI=1S/C24H24N6O/c1-14-24(31)28(2)13-21-22(27-23(30(14)21)15-7-8-15)18-6-4-5-16-9-20(25-11-19(16)18)17-10-26-29(3)12-17/h4-6,9-12,14-15H,7-8,13H2,1-3H3. The first-order valence-corrected chi connectivity index (χ1v) is 10.8. The van der Waals surface area contributed by atoms with Gasteiger partial charge in [-0.15, -0.1) is 0 Å². The molecule has 4 heterocycles. The van der Waals surface area contributed by atoms with Crippen LogP contribution in [0.2, 0.25) is 0 Å². The lowest BCUT2D eigenvalue weighted by atomic mass is 10.0. The number of aromatic nitrogens is 5. The van der Waals surface area contributed by atoms with Gasteiger partial charge in [0.1, 0.15) is 11.9 Å². The van der Waals surface area contributed by atoms with Gasteiger partial charge in [-0.1, -0.05) is 18.2 Å². The number of hydrogen-bond acceptors (Lipinski definition) is 4. The number of benzene rings is 1. The van der Waals surface area contributed by atoms with Gasteiger partial charge < -0.3 is 9.47 Å². The van der Waals surface area contributed by atoms with Gasteiger partial charge in [0.15, 0.2) is 0 Å². The largest absolute Gasteiger partial charge is 0.338 e. The molecule has 1 aromatic carbocycles. The summed E-state index contributed by atoms with van der Waals surface area (Å²) in [5.41, 5.74) is 5.09. The maximum atomic E-state index is 12.7. The number of carbonyl (C=O) groups excluding carboxylic acids is 1. The van der Waals surface area contributed by atoms with Gasteiger partial charge in [-0.3, -0.25) is 14.5 Å². The van der Waals surface area contributed by atoms with Gasteiger partial charge in [0.25, 0.3) is 0 Å².